The molecule has 1 atom stereocenters. The summed E-state index contributed by atoms with van der Waals surface area (Å²) in [5.41, 5.74) is 0. The minimum Gasteiger partial charge on any atom is -0.349 e. The number of ether oxygens (including phenoxy) is 2. The summed E-state index contributed by atoms with van der Waals surface area (Å²) in [4.78, 5) is 3.60. The van der Waals surface area contributed by atoms with Crippen molar-refractivity contribution < 1.29 is 22.1 Å². The van der Waals surface area contributed by atoms with E-state index in [4.69, 9.17) is 13.7 Å². The molecule has 0 spiro atoms. The van der Waals surface area contributed by atoms with Crippen molar-refractivity contribution in [1.82, 2.24) is 9.80 Å². The summed E-state index contributed by atoms with van der Waals surface area (Å²) < 4.78 is 41.2. The predicted molar refractivity (Wildman–Crippen MR) is 88.8 cm³/mol. The Morgan fingerprint density at radius 3 is 2.26 bits per heavy atom. The summed E-state index contributed by atoms with van der Waals surface area (Å²) in [6.45, 7) is 8.76. The van der Waals surface area contributed by atoms with Gasteiger partial charge in [0.2, 0.25) is 6.35 Å². The Morgan fingerprint density at radius 2 is 1.74 bits per heavy atom. The Hall–Kier alpha value is -0.830. The molecule has 23 heavy (non-hydrogen) atoms. The molecule has 0 amide bonds. The number of hydrogen-bond donors (Lipinski definition) is 0. The van der Waals surface area contributed by atoms with Gasteiger partial charge in [0.15, 0.2) is 5.79 Å². The second-order valence-electron chi connectivity index (χ2n) is 5.68. The summed E-state index contributed by atoms with van der Waals surface area (Å²) in [5.74, 6) is -1.56. The normalized spacial score (nSPS) is 18.9. The van der Waals surface area contributed by atoms with Gasteiger partial charge in [-0.3, -0.25) is 0 Å². The second kappa shape index (κ2) is 8.86. The van der Waals surface area contributed by atoms with Gasteiger partial charge in [-0.1, -0.05) is 13.3 Å². The summed E-state index contributed by atoms with van der Waals surface area (Å²) in [6, 6.07) is 0. The van der Waals surface area contributed by atoms with E-state index in [1.165, 1.54) is 0 Å². The lowest BCUT2D eigenvalue weighted by Gasteiger charge is -2.32. The average Bonchev–Trinajstić information content (AvgIpc) is 2.76. The fourth-order valence-electron chi connectivity index (χ4n) is 2.44. The molecule has 0 saturated heterocycles. The van der Waals surface area contributed by atoms with E-state index in [2.05, 4.69) is 6.92 Å². The van der Waals surface area contributed by atoms with Crippen molar-refractivity contribution in [2.75, 3.05) is 32.6 Å². The highest BCUT2D eigenvalue weighted by Crippen LogP contribution is 2.22. The van der Waals surface area contributed by atoms with Gasteiger partial charge >= 0.3 is 0 Å². The molecule has 1 rings (SSSR count). The van der Waals surface area contributed by atoms with Gasteiger partial charge < -0.3 is 19.3 Å². The fourth-order valence-corrected chi connectivity index (χ4v) is 3.83. The van der Waals surface area contributed by atoms with Crippen LogP contribution in [0.2, 0.25) is 0 Å². The van der Waals surface area contributed by atoms with E-state index in [9.17, 15) is 8.42 Å². The summed E-state index contributed by atoms with van der Waals surface area (Å²) in [6.07, 6.45) is 4.99. The zero-order valence-electron chi connectivity index (χ0n) is 14.8. The molecule has 0 aliphatic carbocycles. The van der Waals surface area contributed by atoms with E-state index in [0.717, 1.165) is 19.4 Å². The van der Waals surface area contributed by atoms with Gasteiger partial charge in [-0.05, 0) is 27.2 Å². The highest BCUT2D eigenvalue weighted by atomic mass is 32.2. The molecule has 0 fully saturated rings. The molecular formula is C15H30N2O5S. The Labute approximate surface area is 140 Å². The van der Waals surface area contributed by atoms with Crippen molar-refractivity contribution in [3.05, 3.63) is 12.4 Å². The molecular weight excluding hydrogens is 320 g/mol. The third kappa shape index (κ3) is 6.29. The van der Waals surface area contributed by atoms with Crippen molar-refractivity contribution >= 4 is 10.1 Å². The van der Waals surface area contributed by atoms with Crippen LogP contribution < -0.4 is 0 Å². The van der Waals surface area contributed by atoms with Crippen LogP contribution in [0.4, 0.5) is 0 Å². The summed E-state index contributed by atoms with van der Waals surface area (Å²) in [7, 11) is -2.05. The molecule has 0 N–H and O–H groups in total. The van der Waals surface area contributed by atoms with Crippen molar-refractivity contribution in [2.45, 2.75) is 52.7 Å². The molecule has 1 aliphatic heterocycles. The minimum atomic E-state index is -3.83. The van der Waals surface area contributed by atoms with Gasteiger partial charge in [-0.15, -0.1) is 0 Å². The molecule has 0 aromatic rings. The van der Waals surface area contributed by atoms with E-state index in [-0.39, 0.29) is 5.75 Å². The van der Waals surface area contributed by atoms with E-state index in [0.29, 0.717) is 13.2 Å². The van der Waals surface area contributed by atoms with E-state index >= 15 is 0 Å². The van der Waals surface area contributed by atoms with Gasteiger partial charge in [-0.25, -0.2) is 4.18 Å². The first-order valence-corrected chi connectivity index (χ1v) is 9.69. The third-order valence-corrected chi connectivity index (χ3v) is 4.81. The molecule has 0 aromatic carbocycles. The zero-order chi connectivity index (χ0) is 17.5. The highest BCUT2D eigenvalue weighted by Gasteiger charge is 2.37. The number of hydrogen-bond acceptors (Lipinski definition) is 7. The van der Waals surface area contributed by atoms with Gasteiger partial charge in [0.1, 0.15) is 5.75 Å². The quantitative estimate of drug-likeness (QED) is 0.416. The second-order valence-corrected chi connectivity index (χ2v) is 7.28. The summed E-state index contributed by atoms with van der Waals surface area (Å²) >= 11 is 0. The maximum absolute atomic E-state index is 12.5. The van der Waals surface area contributed by atoms with Crippen molar-refractivity contribution in [3.8, 4) is 0 Å². The van der Waals surface area contributed by atoms with E-state index in [1.54, 1.807) is 38.9 Å². The zero-order valence-corrected chi connectivity index (χ0v) is 15.6. The average molecular weight is 350 g/mol. The first-order valence-electron chi connectivity index (χ1n) is 8.11. The van der Waals surface area contributed by atoms with Crippen molar-refractivity contribution in [2.24, 2.45) is 0 Å². The van der Waals surface area contributed by atoms with Crippen molar-refractivity contribution in [1.29, 1.82) is 0 Å². The van der Waals surface area contributed by atoms with Crippen LogP contribution >= 0.6 is 0 Å². The lowest BCUT2D eigenvalue weighted by molar-refractivity contribution is -0.206. The van der Waals surface area contributed by atoms with Crippen LogP contribution in [0.5, 0.6) is 0 Å². The smallest absolute Gasteiger partial charge is 0.276 e. The molecule has 0 saturated carbocycles. The molecule has 7 nitrogen and oxygen atoms in total. The first kappa shape index (κ1) is 20.2. The molecule has 136 valence electrons. The SMILES string of the molecule is CCCCN1C=CN(C)C1OS(=O)(=O)CC(C)(OCC)OCC. The fraction of sp³-hybridized carbons (Fsp3) is 0.867. The standard InChI is InChI=1S/C15H30N2O5S/c1-6-9-10-17-12-11-16(5)14(17)22-23(18,19)13-15(4,20-7-2)21-8-3/h11-12,14H,6-10,13H2,1-5H3. The van der Waals surface area contributed by atoms with Crippen LogP contribution in [0.1, 0.15) is 40.5 Å². The molecule has 8 heteroatoms. The first-order chi connectivity index (χ1) is 10.8. The highest BCUT2D eigenvalue weighted by molar-refractivity contribution is 7.86. The van der Waals surface area contributed by atoms with Gasteiger partial charge in [0.05, 0.1) is 0 Å². The van der Waals surface area contributed by atoms with Crippen LogP contribution in [0.25, 0.3) is 0 Å². The van der Waals surface area contributed by atoms with Gasteiger partial charge in [0.25, 0.3) is 10.1 Å². The largest absolute Gasteiger partial charge is 0.349 e. The lowest BCUT2D eigenvalue weighted by atomic mass is 10.3. The van der Waals surface area contributed by atoms with Crippen LogP contribution in [0.15, 0.2) is 12.4 Å². The summed E-state index contributed by atoms with van der Waals surface area (Å²) in [5, 5.41) is 0. The lowest BCUT2D eigenvalue weighted by Crippen LogP contribution is -2.45. The van der Waals surface area contributed by atoms with E-state index in [1.807, 2.05) is 11.1 Å². The maximum Gasteiger partial charge on any atom is 0.276 e. The van der Waals surface area contributed by atoms with Crippen LogP contribution in [-0.4, -0.2) is 62.9 Å². The Kier molecular flexibility index (Phi) is 7.79. The topological polar surface area (TPSA) is 68.3 Å². The predicted octanol–water partition coefficient (Wildman–Crippen LogP) is 1.92. The van der Waals surface area contributed by atoms with Crippen molar-refractivity contribution in [3.63, 3.8) is 0 Å². The number of nitrogens with zero attached hydrogens (tertiary/aromatic N) is 2. The van der Waals surface area contributed by atoms with Crippen LogP contribution in [-0.2, 0) is 23.8 Å². The molecule has 0 bridgehead atoms. The monoisotopic (exact) mass is 350 g/mol. The molecule has 1 unspecified atom stereocenters. The van der Waals surface area contributed by atoms with Crippen LogP contribution in [0.3, 0.4) is 0 Å². The molecule has 1 heterocycles. The molecule has 1 aliphatic rings. The number of rotatable bonds is 11. The molecule has 0 aromatic heterocycles. The van der Waals surface area contributed by atoms with Gasteiger partial charge in [0, 0.05) is 39.2 Å². The van der Waals surface area contributed by atoms with Gasteiger partial charge in [-0.2, -0.15) is 8.42 Å². The van der Waals surface area contributed by atoms with E-state index < -0.39 is 22.3 Å². The Morgan fingerprint density at radius 1 is 1.13 bits per heavy atom. The minimum absolute atomic E-state index is 0.354. The number of unbranched alkanes of at least 4 members (excludes halogenated alkanes) is 1. The van der Waals surface area contributed by atoms with Crippen LogP contribution in [0, 0.1) is 0 Å². The molecule has 0 radical (unpaired) electrons. The third-order valence-electron chi connectivity index (χ3n) is 3.47. The maximum atomic E-state index is 12.5. The Balaban J connectivity index is 2.75. The Bertz CT molecular complexity index is 474.